The monoisotopic (exact) mass is 485 g/mol. The van der Waals surface area contributed by atoms with Crippen LogP contribution in [0.15, 0.2) is 18.2 Å². The second kappa shape index (κ2) is 8.06. The highest BCUT2D eigenvalue weighted by atomic mass is 32.1. The molecule has 6 rings (SSSR count). The zero-order valence-corrected chi connectivity index (χ0v) is 19.5. The van der Waals surface area contributed by atoms with E-state index in [0.717, 1.165) is 23.9 Å². The SMILES string of the molecule is Cc1ccc2c(N)c(C(=O)N[C@H]3COc4cc(N5CC6CCC(C5)N6)c(F)c(F)c4C3)sc2n1. The van der Waals surface area contributed by atoms with Gasteiger partial charge in [0, 0.05) is 54.3 Å². The van der Waals surface area contributed by atoms with Crippen LogP contribution in [0, 0.1) is 18.6 Å². The molecular formula is C24H25F2N5O2S. The molecule has 2 fully saturated rings. The van der Waals surface area contributed by atoms with Gasteiger partial charge in [-0.3, -0.25) is 4.79 Å². The Hall–Kier alpha value is -2.98. The van der Waals surface area contributed by atoms with E-state index < -0.39 is 17.7 Å². The number of carbonyl (C=O) groups is 1. The van der Waals surface area contributed by atoms with Crippen LogP contribution < -0.4 is 26.0 Å². The Morgan fingerprint density at radius 3 is 2.79 bits per heavy atom. The van der Waals surface area contributed by atoms with Gasteiger partial charge < -0.3 is 26.0 Å². The van der Waals surface area contributed by atoms with Crippen molar-refractivity contribution in [2.45, 2.75) is 44.3 Å². The first-order chi connectivity index (χ1) is 16.4. The number of thiophene rings is 1. The normalized spacial score (nSPS) is 23.6. The minimum absolute atomic E-state index is 0.138. The fourth-order valence-electron chi connectivity index (χ4n) is 5.27. The molecule has 4 N–H and O–H groups in total. The predicted octanol–water partition coefficient (Wildman–Crippen LogP) is 3.14. The van der Waals surface area contributed by atoms with Crippen LogP contribution in [0.5, 0.6) is 5.75 Å². The van der Waals surface area contributed by atoms with Crippen molar-refractivity contribution in [3.05, 3.63) is 46.0 Å². The number of ether oxygens (including phenoxy) is 1. The molecule has 2 saturated heterocycles. The molecule has 3 aliphatic rings. The van der Waals surface area contributed by atoms with Crippen molar-refractivity contribution in [3.63, 3.8) is 0 Å². The number of hydrogen-bond donors (Lipinski definition) is 3. The van der Waals surface area contributed by atoms with Crippen molar-refractivity contribution in [2.75, 3.05) is 30.3 Å². The number of nitrogens with zero attached hydrogens (tertiary/aromatic N) is 2. The standard InChI is InChI=1S/C24H25F2N5O2S/c1-11-2-5-15-21(27)22(34-24(15)28-11)23(32)30-14-6-16-18(33-10-14)7-17(20(26)19(16)25)31-8-12-3-4-13(9-31)29-12/h2,5,7,12-14,29H,3-4,6,8-10,27H2,1H3,(H,30,32)/t12?,13?,14-/m1/s1. The molecule has 0 saturated carbocycles. The summed E-state index contributed by atoms with van der Waals surface area (Å²) in [4.78, 5) is 20.3. The molecule has 34 heavy (non-hydrogen) atoms. The summed E-state index contributed by atoms with van der Waals surface area (Å²) in [5.41, 5.74) is 7.79. The van der Waals surface area contributed by atoms with Gasteiger partial charge >= 0.3 is 0 Å². The average Bonchev–Trinajstić information content (AvgIpc) is 3.33. The second-order valence-corrected chi connectivity index (χ2v) is 10.4. The van der Waals surface area contributed by atoms with Gasteiger partial charge in [-0.1, -0.05) is 0 Å². The Balaban J connectivity index is 1.22. The summed E-state index contributed by atoms with van der Waals surface area (Å²) >= 11 is 1.22. The fourth-order valence-corrected chi connectivity index (χ4v) is 6.31. The summed E-state index contributed by atoms with van der Waals surface area (Å²) in [7, 11) is 0. The molecule has 3 atom stereocenters. The summed E-state index contributed by atoms with van der Waals surface area (Å²) < 4.78 is 36.1. The molecule has 0 radical (unpaired) electrons. The molecular weight excluding hydrogens is 460 g/mol. The van der Waals surface area contributed by atoms with E-state index in [-0.39, 0.29) is 30.2 Å². The van der Waals surface area contributed by atoms with Gasteiger partial charge in [0.1, 0.15) is 22.1 Å². The molecule has 1 amide bonds. The molecule has 7 nitrogen and oxygen atoms in total. The van der Waals surface area contributed by atoms with Crippen LogP contribution in [0.3, 0.4) is 0 Å². The number of benzene rings is 1. The number of nitrogens with one attached hydrogen (secondary N) is 2. The molecule has 1 aromatic carbocycles. The van der Waals surface area contributed by atoms with E-state index in [2.05, 4.69) is 15.6 Å². The number of nitrogens with two attached hydrogens (primary N) is 1. The number of anilines is 2. The molecule has 0 aliphatic carbocycles. The van der Waals surface area contributed by atoms with E-state index in [4.69, 9.17) is 10.5 Å². The van der Waals surface area contributed by atoms with Crippen LogP contribution in [-0.4, -0.2) is 48.7 Å². The molecule has 3 aliphatic heterocycles. The molecule has 2 unspecified atom stereocenters. The maximum absolute atomic E-state index is 15.1. The van der Waals surface area contributed by atoms with Crippen molar-refractivity contribution < 1.29 is 18.3 Å². The number of aromatic nitrogens is 1. The number of nitrogen functional groups attached to an aromatic ring is 1. The lowest BCUT2D eigenvalue weighted by Gasteiger charge is -2.36. The van der Waals surface area contributed by atoms with Gasteiger partial charge in [-0.2, -0.15) is 0 Å². The number of amides is 1. The highest BCUT2D eigenvalue weighted by Crippen LogP contribution is 2.37. The summed E-state index contributed by atoms with van der Waals surface area (Å²) in [6.07, 6.45) is 2.24. The summed E-state index contributed by atoms with van der Waals surface area (Å²) in [5.74, 6) is -1.79. The first-order valence-electron chi connectivity index (χ1n) is 11.5. The molecule has 3 aromatic rings. The van der Waals surface area contributed by atoms with Crippen LogP contribution in [0.2, 0.25) is 0 Å². The summed E-state index contributed by atoms with van der Waals surface area (Å²) in [6.45, 7) is 3.33. The number of hydrogen-bond acceptors (Lipinski definition) is 7. The van der Waals surface area contributed by atoms with Crippen molar-refractivity contribution in [3.8, 4) is 5.75 Å². The zero-order chi connectivity index (χ0) is 23.6. The predicted molar refractivity (Wildman–Crippen MR) is 128 cm³/mol. The van der Waals surface area contributed by atoms with E-state index in [1.807, 2.05) is 24.0 Å². The lowest BCUT2D eigenvalue weighted by atomic mass is 10.00. The van der Waals surface area contributed by atoms with E-state index in [0.29, 0.717) is 46.3 Å². The summed E-state index contributed by atoms with van der Waals surface area (Å²) in [6, 6.07) is 5.40. The minimum atomic E-state index is -0.904. The van der Waals surface area contributed by atoms with Crippen LogP contribution in [0.1, 0.15) is 33.8 Å². The largest absolute Gasteiger partial charge is 0.491 e. The molecule has 5 heterocycles. The van der Waals surface area contributed by atoms with Gasteiger partial charge in [0.2, 0.25) is 0 Å². The Bertz CT molecular complexity index is 1300. The molecule has 0 spiro atoms. The van der Waals surface area contributed by atoms with Gasteiger partial charge in [0.05, 0.1) is 17.4 Å². The van der Waals surface area contributed by atoms with E-state index in [1.54, 1.807) is 6.07 Å². The van der Waals surface area contributed by atoms with Gasteiger partial charge in [0.25, 0.3) is 5.91 Å². The third-order valence-electron chi connectivity index (χ3n) is 6.97. The van der Waals surface area contributed by atoms with Crippen LogP contribution in [0.25, 0.3) is 10.2 Å². The van der Waals surface area contributed by atoms with E-state index >= 15 is 8.78 Å². The minimum Gasteiger partial charge on any atom is -0.491 e. The lowest BCUT2D eigenvalue weighted by molar-refractivity contribution is 0.0919. The smallest absolute Gasteiger partial charge is 0.263 e. The number of carbonyl (C=O) groups excluding carboxylic acids is 1. The lowest BCUT2D eigenvalue weighted by Crippen LogP contribution is -2.51. The highest BCUT2D eigenvalue weighted by molar-refractivity contribution is 7.21. The second-order valence-electron chi connectivity index (χ2n) is 9.38. The van der Waals surface area contributed by atoms with Crippen molar-refractivity contribution >= 4 is 38.8 Å². The molecule has 178 valence electrons. The molecule has 2 aromatic heterocycles. The molecule has 2 bridgehead atoms. The first-order valence-corrected chi connectivity index (χ1v) is 12.3. The van der Waals surface area contributed by atoms with Gasteiger partial charge in [-0.05, 0) is 31.9 Å². The zero-order valence-electron chi connectivity index (χ0n) is 18.7. The number of rotatable bonds is 3. The van der Waals surface area contributed by atoms with Gasteiger partial charge in [-0.15, -0.1) is 11.3 Å². The quantitative estimate of drug-likeness (QED) is 0.528. The van der Waals surface area contributed by atoms with Crippen LogP contribution >= 0.6 is 11.3 Å². The van der Waals surface area contributed by atoms with Crippen molar-refractivity contribution in [1.29, 1.82) is 0 Å². The van der Waals surface area contributed by atoms with Crippen LogP contribution in [-0.2, 0) is 6.42 Å². The number of halogens is 2. The van der Waals surface area contributed by atoms with E-state index in [1.165, 1.54) is 11.3 Å². The maximum Gasteiger partial charge on any atom is 0.263 e. The number of pyridine rings is 1. The topological polar surface area (TPSA) is 92.5 Å². The third kappa shape index (κ3) is 3.56. The Kier molecular flexibility index (Phi) is 5.11. The van der Waals surface area contributed by atoms with Crippen molar-refractivity contribution in [2.24, 2.45) is 0 Å². The Labute approximate surface area is 199 Å². The Morgan fingerprint density at radius 2 is 2.03 bits per heavy atom. The maximum atomic E-state index is 15.1. The van der Waals surface area contributed by atoms with Gasteiger partial charge in [0.15, 0.2) is 11.6 Å². The van der Waals surface area contributed by atoms with Gasteiger partial charge in [-0.25, -0.2) is 13.8 Å². The Morgan fingerprint density at radius 1 is 1.26 bits per heavy atom. The number of piperazine rings is 1. The first kappa shape index (κ1) is 21.5. The number of fused-ring (bicyclic) bond motifs is 4. The molecule has 10 heteroatoms. The van der Waals surface area contributed by atoms with E-state index in [9.17, 15) is 4.79 Å². The summed E-state index contributed by atoms with van der Waals surface area (Å²) in [5, 5.41) is 7.10. The highest BCUT2D eigenvalue weighted by Gasteiger charge is 2.35. The average molecular weight is 486 g/mol. The fraction of sp³-hybridized carbons (Fsp3) is 0.417. The number of aryl methyl sites for hydroxylation is 1. The van der Waals surface area contributed by atoms with Crippen LogP contribution in [0.4, 0.5) is 20.2 Å². The third-order valence-corrected chi connectivity index (χ3v) is 8.08. The van der Waals surface area contributed by atoms with Crippen molar-refractivity contribution in [1.82, 2.24) is 15.6 Å².